The lowest BCUT2D eigenvalue weighted by Crippen LogP contribution is -2.22. The Labute approximate surface area is 152 Å². The molecule has 3 heterocycles. The van der Waals surface area contributed by atoms with Gasteiger partial charge in [-0.15, -0.1) is 0 Å². The lowest BCUT2D eigenvalue weighted by Gasteiger charge is -2.13. The quantitative estimate of drug-likeness (QED) is 0.731. The van der Waals surface area contributed by atoms with E-state index in [1.807, 2.05) is 19.0 Å². The molecule has 0 radical (unpaired) electrons. The third-order valence-corrected chi connectivity index (χ3v) is 3.99. The van der Waals surface area contributed by atoms with Gasteiger partial charge < -0.3 is 14.8 Å². The molecule has 8 nitrogen and oxygen atoms in total. The van der Waals surface area contributed by atoms with Gasteiger partial charge in [-0.3, -0.25) is 9.78 Å². The highest BCUT2D eigenvalue weighted by Crippen LogP contribution is 2.31. The number of aryl methyl sites for hydroxylation is 1. The van der Waals surface area contributed by atoms with Crippen molar-refractivity contribution in [3.8, 4) is 0 Å². The monoisotopic (exact) mass is 381 g/mol. The first-order valence-corrected chi connectivity index (χ1v) is 8.04. The van der Waals surface area contributed by atoms with Crippen molar-refractivity contribution in [2.75, 3.05) is 26.0 Å². The molecule has 1 N–H and O–H groups in total. The van der Waals surface area contributed by atoms with Gasteiger partial charge in [0.2, 0.25) is 5.82 Å². The van der Waals surface area contributed by atoms with Crippen molar-refractivity contribution >= 4 is 22.8 Å². The van der Waals surface area contributed by atoms with Gasteiger partial charge >= 0.3 is 6.18 Å². The second kappa shape index (κ2) is 6.99. The number of amides is 1. The Balaban J connectivity index is 1.93. The molecule has 3 rings (SSSR count). The number of nitrogens with zero attached hydrogens (tertiary/aromatic N) is 6. The van der Waals surface area contributed by atoms with Crippen LogP contribution in [0.15, 0.2) is 24.7 Å². The Hall–Kier alpha value is -2.95. The number of hydrogen-bond donors (Lipinski definition) is 1. The van der Waals surface area contributed by atoms with Gasteiger partial charge in [0.15, 0.2) is 0 Å². The molecule has 0 unspecified atom stereocenters. The molecule has 0 atom stereocenters. The molecule has 27 heavy (non-hydrogen) atoms. The minimum atomic E-state index is -4.63. The third kappa shape index (κ3) is 3.77. The number of carbonyl (C=O) groups is 1. The number of alkyl halides is 3. The van der Waals surface area contributed by atoms with Crippen LogP contribution in [0.5, 0.6) is 0 Å². The van der Waals surface area contributed by atoms with Gasteiger partial charge in [-0.1, -0.05) is 0 Å². The number of hydrogen-bond acceptors (Lipinski definition) is 5. The Morgan fingerprint density at radius 2 is 2.04 bits per heavy atom. The van der Waals surface area contributed by atoms with Gasteiger partial charge in [-0.2, -0.15) is 18.3 Å². The summed E-state index contributed by atoms with van der Waals surface area (Å²) in [6.45, 7) is 1.25. The lowest BCUT2D eigenvalue weighted by atomic mass is 10.2. The maximum Gasteiger partial charge on any atom is 0.449 e. The van der Waals surface area contributed by atoms with Crippen molar-refractivity contribution in [2.24, 2.45) is 7.05 Å². The topological polar surface area (TPSA) is 80.9 Å². The highest BCUT2D eigenvalue weighted by Gasteiger charge is 2.37. The smallest absolute Gasteiger partial charge is 0.323 e. The fourth-order valence-electron chi connectivity index (χ4n) is 2.69. The summed E-state index contributed by atoms with van der Waals surface area (Å²) in [7, 11) is 5.04. The third-order valence-electron chi connectivity index (χ3n) is 3.99. The van der Waals surface area contributed by atoms with E-state index in [-0.39, 0.29) is 16.6 Å². The van der Waals surface area contributed by atoms with Gasteiger partial charge in [0.25, 0.3) is 5.91 Å². The minimum Gasteiger partial charge on any atom is -0.323 e. The molecule has 0 spiro atoms. The molecule has 0 aromatic carbocycles. The van der Waals surface area contributed by atoms with Crippen LogP contribution < -0.4 is 5.32 Å². The second-order valence-electron chi connectivity index (χ2n) is 6.24. The summed E-state index contributed by atoms with van der Waals surface area (Å²) in [5, 5.41) is 6.82. The maximum atomic E-state index is 13.1. The average molecular weight is 381 g/mol. The Kier molecular flexibility index (Phi) is 4.87. The Morgan fingerprint density at radius 3 is 2.70 bits per heavy atom. The second-order valence-corrected chi connectivity index (χ2v) is 6.24. The van der Waals surface area contributed by atoms with Crippen molar-refractivity contribution in [3.05, 3.63) is 36.0 Å². The SMILES string of the molecule is CN(C)CCn1nccc1NC(=O)c1cncc2nc(C(F)(F)F)n(C)c12. The lowest BCUT2D eigenvalue weighted by molar-refractivity contribution is -0.146. The average Bonchev–Trinajstić information content (AvgIpc) is 3.17. The first kappa shape index (κ1) is 18.8. The maximum absolute atomic E-state index is 13.1. The zero-order valence-electron chi connectivity index (χ0n) is 14.9. The number of fused-ring (bicyclic) bond motifs is 1. The van der Waals surface area contributed by atoms with E-state index in [0.29, 0.717) is 18.9 Å². The van der Waals surface area contributed by atoms with E-state index in [1.165, 1.54) is 25.6 Å². The molecule has 0 bridgehead atoms. The van der Waals surface area contributed by atoms with E-state index in [0.717, 1.165) is 4.57 Å². The molecule has 1 amide bonds. The van der Waals surface area contributed by atoms with Crippen LogP contribution in [0.1, 0.15) is 16.2 Å². The molecule has 0 saturated heterocycles. The van der Waals surface area contributed by atoms with E-state index in [4.69, 9.17) is 0 Å². The number of carbonyl (C=O) groups excluding carboxylic acids is 1. The summed E-state index contributed by atoms with van der Waals surface area (Å²) in [6, 6.07) is 1.62. The fraction of sp³-hybridized carbons (Fsp3) is 0.375. The molecule has 11 heteroatoms. The summed E-state index contributed by atoms with van der Waals surface area (Å²) in [6.07, 6.45) is -0.676. The number of aromatic nitrogens is 5. The van der Waals surface area contributed by atoms with Crippen LogP contribution in [0.2, 0.25) is 0 Å². The summed E-state index contributed by atoms with van der Waals surface area (Å²) < 4.78 is 41.8. The molecule has 3 aromatic rings. The molecule has 0 aliphatic carbocycles. The van der Waals surface area contributed by atoms with Gasteiger partial charge in [0.1, 0.15) is 11.3 Å². The zero-order chi connectivity index (χ0) is 19.8. The van der Waals surface area contributed by atoms with Gasteiger partial charge in [0.05, 0.1) is 30.0 Å². The van der Waals surface area contributed by atoms with Crippen LogP contribution in [-0.2, 0) is 19.8 Å². The zero-order valence-corrected chi connectivity index (χ0v) is 14.9. The Bertz CT molecular complexity index is 974. The van der Waals surface area contributed by atoms with E-state index in [9.17, 15) is 18.0 Å². The molecule has 144 valence electrons. The van der Waals surface area contributed by atoms with Crippen molar-refractivity contribution in [1.82, 2.24) is 29.2 Å². The predicted octanol–water partition coefficient (Wildman–Crippen LogP) is 2.00. The van der Waals surface area contributed by atoms with Gasteiger partial charge in [0, 0.05) is 25.9 Å². The highest BCUT2D eigenvalue weighted by atomic mass is 19.4. The van der Waals surface area contributed by atoms with Gasteiger partial charge in [-0.25, -0.2) is 9.67 Å². The van der Waals surface area contributed by atoms with Crippen LogP contribution in [0.25, 0.3) is 11.0 Å². The first-order chi connectivity index (χ1) is 12.7. The molecular formula is C16H18F3N7O. The van der Waals surface area contributed by atoms with E-state index >= 15 is 0 Å². The molecular weight excluding hydrogens is 363 g/mol. The highest BCUT2D eigenvalue weighted by molar-refractivity contribution is 6.11. The number of nitrogens with one attached hydrogen (secondary N) is 1. The number of pyridine rings is 1. The normalized spacial score (nSPS) is 12.1. The molecule has 3 aromatic heterocycles. The summed E-state index contributed by atoms with van der Waals surface area (Å²) in [5.41, 5.74) is 0.0612. The van der Waals surface area contributed by atoms with Crippen LogP contribution in [0.4, 0.5) is 19.0 Å². The molecule has 0 saturated carbocycles. The standard InChI is InChI=1S/C16H18F3N7O/c1-24(2)6-7-26-12(4-5-21-26)23-14(27)10-8-20-9-11-13(10)25(3)15(22-11)16(17,18)19/h4-5,8-9H,6-7H2,1-3H3,(H,23,27). The fourth-order valence-corrected chi connectivity index (χ4v) is 2.69. The number of anilines is 1. The van der Waals surface area contributed by atoms with Crippen LogP contribution in [0, 0.1) is 0 Å². The van der Waals surface area contributed by atoms with E-state index in [1.54, 1.807) is 10.7 Å². The molecule has 0 aliphatic heterocycles. The number of halogens is 3. The minimum absolute atomic E-state index is 0.00131. The summed E-state index contributed by atoms with van der Waals surface area (Å²) in [4.78, 5) is 22.1. The van der Waals surface area contributed by atoms with E-state index < -0.39 is 17.9 Å². The van der Waals surface area contributed by atoms with Crippen molar-refractivity contribution < 1.29 is 18.0 Å². The summed E-state index contributed by atoms with van der Waals surface area (Å²) in [5.74, 6) is -1.23. The summed E-state index contributed by atoms with van der Waals surface area (Å²) >= 11 is 0. The van der Waals surface area contributed by atoms with Crippen LogP contribution in [-0.4, -0.2) is 55.8 Å². The Morgan fingerprint density at radius 1 is 1.30 bits per heavy atom. The van der Waals surface area contributed by atoms with Crippen LogP contribution in [0.3, 0.4) is 0 Å². The van der Waals surface area contributed by atoms with E-state index in [2.05, 4.69) is 20.4 Å². The number of imidazole rings is 1. The van der Waals surface area contributed by atoms with Crippen molar-refractivity contribution in [2.45, 2.75) is 12.7 Å². The largest absolute Gasteiger partial charge is 0.449 e. The van der Waals surface area contributed by atoms with Gasteiger partial charge in [-0.05, 0) is 14.1 Å². The first-order valence-electron chi connectivity index (χ1n) is 8.04. The van der Waals surface area contributed by atoms with Crippen molar-refractivity contribution in [1.29, 1.82) is 0 Å². The molecule has 0 fully saturated rings. The predicted molar refractivity (Wildman–Crippen MR) is 92.2 cm³/mol. The van der Waals surface area contributed by atoms with Crippen molar-refractivity contribution in [3.63, 3.8) is 0 Å². The number of likely N-dealkylation sites (N-methyl/N-ethyl adjacent to an activating group) is 1. The number of rotatable bonds is 5. The van der Waals surface area contributed by atoms with Crippen LogP contribution >= 0.6 is 0 Å². The molecule has 0 aliphatic rings.